The molecule has 3 saturated heterocycles. The molecule has 0 radical (unpaired) electrons. The normalized spacial score (nSPS) is 36.5. The molecule has 3 heterocycles. The second-order valence-corrected chi connectivity index (χ2v) is 11.7. The van der Waals surface area contributed by atoms with E-state index in [0.29, 0.717) is 55.7 Å². The van der Waals surface area contributed by atoms with Crippen LogP contribution in [0.1, 0.15) is 51.4 Å². The van der Waals surface area contributed by atoms with Crippen LogP contribution in [0.2, 0.25) is 0 Å². The third kappa shape index (κ3) is 10.8. The topological polar surface area (TPSA) is 83.7 Å². The van der Waals surface area contributed by atoms with Crippen molar-refractivity contribution in [2.75, 3.05) is 79.3 Å². The number of hydrogen-bond acceptors (Lipinski definition) is 8. The van der Waals surface area contributed by atoms with E-state index in [-0.39, 0.29) is 12.2 Å². The van der Waals surface area contributed by atoms with Crippen molar-refractivity contribution in [3.63, 3.8) is 0 Å². The van der Waals surface area contributed by atoms with E-state index < -0.39 is 0 Å². The van der Waals surface area contributed by atoms with Gasteiger partial charge in [-0.2, -0.15) is 0 Å². The zero-order valence-corrected chi connectivity index (χ0v) is 22.0. The predicted molar refractivity (Wildman–Crippen MR) is 133 cm³/mol. The Morgan fingerprint density at radius 2 is 0.778 bits per heavy atom. The van der Waals surface area contributed by atoms with Crippen LogP contribution in [-0.4, -0.2) is 104 Å². The van der Waals surface area contributed by atoms with Crippen molar-refractivity contribution < 1.29 is 37.9 Å². The fourth-order valence-electron chi connectivity index (χ4n) is 5.47. The average Bonchev–Trinajstić information content (AvgIpc) is 3.75. The summed E-state index contributed by atoms with van der Waals surface area (Å²) < 4.78 is 45.7. The summed E-state index contributed by atoms with van der Waals surface area (Å²) in [5, 5.41) is 0. The average molecular weight is 513 g/mol. The van der Waals surface area contributed by atoms with Gasteiger partial charge < -0.3 is 37.9 Å². The van der Waals surface area contributed by atoms with Crippen molar-refractivity contribution in [1.29, 1.82) is 0 Å². The molecule has 2 aliphatic carbocycles. The van der Waals surface area contributed by atoms with E-state index in [4.69, 9.17) is 37.9 Å². The molecule has 3 aliphatic heterocycles. The third-order valence-electron chi connectivity index (χ3n) is 8.29. The van der Waals surface area contributed by atoms with Crippen molar-refractivity contribution in [3.8, 4) is 0 Å². The van der Waals surface area contributed by atoms with E-state index in [9.17, 15) is 0 Å². The monoisotopic (exact) mass is 512 g/mol. The van der Waals surface area contributed by atoms with Gasteiger partial charge in [-0.1, -0.05) is 0 Å². The Hall–Kier alpha value is -0.320. The first-order valence-electron chi connectivity index (χ1n) is 14.6. The van der Waals surface area contributed by atoms with Gasteiger partial charge >= 0.3 is 0 Å². The molecule has 0 aromatic carbocycles. The van der Waals surface area contributed by atoms with Gasteiger partial charge in [0.15, 0.2) is 0 Å². The Balaban J connectivity index is 0.902. The molecule has 36 heavy (non-hydrogen) atoms. The maximum atomic E-state index is 6.14. The summed E-state index contributed by atoms with van der Waals surface area (Å²) in [7, 11) is 0. The summed E-state index contributed by atoms with van der Waals surface area (Å²) in [6.45, 7) is 9.37. The van der Waals surface area contributed by atoms with E-state index in [1.807, 2.05) is 0 Å². The van der Waals surface area contributed by atoms with Crippen LogP contribution < -0.4 is 0 Å². The Morgan fingerprint density at radius 3 is 1.14 bits per heavy atom. The van der Waals surface area contributed by atoms with Gasteiger partial charge in [-0.25, -0.2) is 0 Å². The number of ether oxygens (including phenoxy) is 8. The van der Waals surface area contributed by atoms with Crippen LogP contribution in [0.5, 0.6) is 0 Å². The van der Waals surface area contributed by atoms with Crippen LogP contribution >= 0.6 is 0 Å². The Labute approximate surface area is 216 Å². The zero-order valence-electron chi connectivity index (χ0n) is 22.0. The molecule has 0 spiro atoms. The summed E-state index contributed by atoms with van der Waals surface area (Å²) in [4.78, 5) is 0. The van der Waals surface area contributed by atoms with Gasteiger partial charge in [0, 0.05) is 26.4 Å². The Morgan fingerprint density at radius 1 is 0.444 bits per heavy atom. The maximum Gasteiger partial charge on any atom is 0.104 e. The van der Waals surface area contributed by atoms with Gasteiger partial charge in [0.1, 0.15) is 24.4 Å². The molecular formula is C28H48O8. The minimum absolute atomic E-state index is 0.0158. The highest BCUT2D eigenvalue weighted by Gasteiger charge is 2.28. The van der Waals surface area contributed by atoms with E-state index in [0.717, 1.165) is 59.5 Å². The van der Waals surface area contributed by atoms with E-state index >= 15 is 0 Å². The predicted octanol–water partition coefficient (Wildman–Crippen LogP) is 3.25. The Kier molecular flexibility index (Phi) is 11.2. The highest BCUT2D eigenvalue weighted by Crippen LogP contribution is 2.30. The van der Waals surface area contributed by atoms with Gasteiger partial charge in [-0.05, 0) is 75.0 Å². The van der Waals surface area contributed by atoms with E-state index in [2.05, 4.69) is 0 Å². The SMILES string of the molecule is C1CC(COCC2CO2)CCC1COCC(COCC1CCC(COCC2CO2)CC1)OCC1CO1. The lowest BCUT2D eigenvalue weighted by atomic mass is 9.83. The van der Waals surface area contributed by atoms with Crippen molar-refractivity contribution >= 4 is 0 Å². The molecule has 5 aliphatic rings. The first kappa shape index (κ1) is 27.3. The standard InChI is InChI=1S/C28H48O8/c1-5-23(11-31-15-26-17-34-26)6-2-21(1)9-29-13-25(33-19-28-20-36-28)14-30-10-22-3-7-24(8-4-22)12-32-16-27-18-35-27/h21-28H,1-20H2. The number of epoxide rings is 3. The molecule has 0 bridgehead atoms. The molecule has 0 N–H and O–H groups in total. The summed E-state index contributed by atoms with van der Waals surface area (Å²) in [5.74, 6) is 2.69. The van der Waals surface area contributed by atoms with Crippen LogP contribution in [0.3, 0.4) is 0 Å². The van der Waals surface area contributed by atoms with E-state index in [1.165, 1.54) is 51.4 Å². The molecule has 208 valence electrons. The number of hydrogen-bond donors (Lipinski definition) is 0. The molecule has 0 aromatic rings. The van der Waals surface area contributed by atoms with Gasteiger partial charge in [0.05, 0.1) is 52.9 Å². The Bertz CT molecular complexity index is 548. The lowest BCUT2D eigenvalue weighted by Gasteiger charge is -2.29. The van der Waals surface area contributed by atoms with Gasteiger partial charge in [-0.3, -0.25) is 0 Å². The molecule has 3 atom stereocenters. The quantitative estimate of drug-likeness (QED) is 0.244. The molecular weight excluding hydrogens is 464 g/mol. The molecule has 0 aromatic heterocycles. The van der Waals surface area contributed by atoms with Crippen LogP contribution in [0.25, 0.3) is 0 Å². The molecule has 0 amide bonds. The highest BCUT2D eigenvalue weighted by atomic mass is 16.6. The molecule has 8 heteroatoms. The van der Waals surface area contributed by atoms with Crippen LogP contribution in [-0.2, 0) is 37.9 Å². The smallest absolute Gasteiger partial charge is 0.104 e. The van der Waals surface area contributed by atoms with Crippen molar-refractivity contribution in [2.45, 2.75) is 75.8 Å². The van der Waals surface area contributed by atoms with Crippen molar-refractivity contribution in [2.24, 2.45) is 23.7 Å². The highest BCUT2D eigenvalue weighted by molar-refractivity contribution is 4.76. The lowest BCUT2D eigenvalue weighted by Crippen LogP contribution is -2.30. The minimum Gasteiger partial charge on any atom is -0.378 e. The lowest BCUT2D eigenvalue weighted by molar-refractivity contribution is -0.0758. The molecule has 8 nitrogen and oxygen atoms in total. The molecule has 5 rings (SSSR count). The first-order valence-corrected chi connectivity index (χ1v) is 14.6. The van der Waals surface area contributed by atoms with Crippen LogP contribution in [0, 0.1) is 23.7 Å². The molecule has 2 saturated carbocycles. The fourth-order valence-corrected chi connectivity index (χ4v) is 5.47. The van der Waals surface area contributed by atoms with Crippen molar-refractivity contribution in [3.05, 3.63) is 0 Å². The zero-order chi connectivity index (χ0) is 24.4. The summed E-state index contributed by atoms with van der Waals surface area (Å²) >= 11 is 0. The molecule has 5 fully saturated rings. The number of rotatable bonds is 19. The van der Waals surface area contributed by atoms with Crippen LogP contribution in [0.4, 0.5) is 0 Å². The summed E-state index contributed by atoms with van der Waals surface area (Å²) in [5.41, 5.74) is 0. The largest absolute Gasteiger partial charge is 0.378 e. The van der Waals surface area contributed by atoms with Gasteiger partial charge in [0.2, 0.25) is 0 Å². The maximum absolute atomic E-state index is 6.14. The van der Waals surface area contributed by atoms with E-state index in [1.54, 1.807) is 0 Å². The van der Waals surface area contributed by atoms with Gasteiger partial charge in [-0.15, -0.1) is 0 Å². The molecule has 3 unspecified atom stereocenters. The second kappa shape index (κ2) is 14.7. The van der Waals surface area contributed by atoms with Crippen molar-refractivity contribution in [1.82, 2.24) is 0 Å². The summed E-state index contributed by atoms with van der Waals surface area (Å²) in [6, 6.07) is 0. The fraction of sp³-hybridized carbons (Fsp3) is 1.00. The first-order chi connectivity index (χ1) is 17.8. The van der Waals surface area contributed by atoms with Gasteiger partial charge in [0.25, 0.3) is 0 Å². The third-order valence-corrected chi connectivity index (χ3v) is 8.29. The van der Waals surface area contributed by atoms with Crippen LogP contribution in [0.15, 0.2) is 0 Å². The second-order valence-electron chi connectivity index (χ2n) is 11.7. The minimum atomic E-state index is -0.0158. The summed E-state index contributed by atoms with van der Waals surface area (Å²) in [6.07, 6.45) is 10.9.